The summed E-state index contributed by atoms with van der Waals surface area (Å²) in [5, 5.41) is 27.7. The van der Waals surface area contributed by atoms with Crippen molar-refractivity contribution in [3.05, 3.63) is 50.7 Å². The normalized spacial score (nSPS) is 11.9. The largest absolute Gasteiger partial charge is 0.494 e. The van der Waals surface area contributed by atoms with Crippen LogP contribution in [-0.2, 0) is 0 Å². The van der Waals surface area contributed by atoms with Crippen LogP contribution in [0.25, 0.3) is 0 Å². The van der Waals surface area contributed by atoms with Crippen LogP contribution < -0.4 is 10.1 Å². The zero-order valence-corrected chi connectivity index (χ0v) is 12.3. The highest BCUT2D eigenvalue weighted by Crippen LogP contribution is 2.27. The molecule has 112 valence electrons. The van der Waals surface area contributed by atoms with Gasteiger partial charge in [-0.15, -0.1) is 0 Å². The number of thiophene rings is 1. The van der Waals surface area contributed by atoms with Gasteiger partial charge in [0, 0.05) is 24.4 Å². The van der Waals surface area contributed by atoms with Gasteiger partial charge in [-0.25, -0.2) is 0 Å². The van der Waals surface area contributed by atoms with Crippen LogP contribution in [0.4, 0.5) is 11.4 Å². The lowest BCUT2D eigenvalue weighted by Crippen LogP contribution is -2.11. The monoisotopic (exact) mass is 308 g/mol. The molecule has 0 aliphatic carbocycles. The Hall–Kier alpha value is -2.12. The predicted octanol–water partition coefficient (Wildman–Crippen LogP) is 3.20. The number of anilines is 1. The van der Waals surface area contributed by atoms with Gasteiger partial charge in [-0.2, -0.15) is 11.3 Å². The molecule has 0 aliphatic rings. The lowest BCUT2D eigenvalue weighted by atomic mass is 10.2. The van der Waals surface area contributed by atoms with E-state index < -0.39 is 11.0 Å². The summed E-state index contributed by atoms with van der Waals surface area (Å²) < 4.78 is 5.31. The summed E-state index contributed by atoms with van der Waals surface area (Å²) in [6, 6.07) is 6.32. The first kappa shape index (κ1) is 15.3. The van der Waals surface area contributed by atoms with Gasteiger partial charge < -0.3 is 15.2 Å². The second kappa shape index (κ2) is 7.05. The number of nitrogens with one attached hydrogen (secondary N) is 1. The predicted molar refractivity (Wildman–Crippen MR) is 82.0 cm³/mol. The molecule has 0 amide bonds. The second-order valence-electron chi connectivity index (χ2n) is 4.36. The second-order valence-corrected chi connectivity index (χ2v) is 5.14. The fourth-order valence-electron chi connectivity index (χ4n) is 1.84. The number of nitro benzene ring substituents is 1. The van der Waals surface area contributed by atoms with Gasteiger partial charge in [0.1, 0.15) is 5.75 Å². The molecule has 0 aliphatic heterocycles. The van der Waals surface area contributed by atoms with Gasteiger partial charge in [0.05, 0.1) is 23.7 Å². The maximum absolute atomic E-state index is 10.9. The van der Waals surface area contributed by atoms with Crippen molar-refractivity contribution in [3.8, 4) is 5.75 Å². The highest BCUT2D eigenvalue weighted by Gasteiger charge is 2.12. The molecule has 1 atom stereocenters. The van der Waals surface area contributed by atoms with E-state index >= 15 is 0 Å². The van der Waals surface area contributed by atoms with Crippen molar-refractivity contribution in [3.63, 3.8) is 0 Å². The Balaban J connectivity index is 2.09. The lowest BCUT2D eigenvalue weighted by molar-refractivity contribution is -0.384. The van der Waals surface area contributed by atoms with E-state index in [1.54, 1.807) is 6.07 Å². The lowest BCUT2D eigenvalue weighted by Gasteiger charge is -2.12. The van der Waals surface area contributed by atoms with E-state index in [9.17, 15) is 15.2 Å². The van der Waals surface area contributed by atoms with E-state index in [4.69, 9.17) is 4.74 Å². The van der Waals surface area contributed by atoms with Gasteiger partial charge in [0.2, 0.25) is 0 Å². The summed E-state index contributed by atoms with van der Waals surface area (Å²) in [7, 11) is 0. The van der Waals surface area contributed by atoms with Gasteiger partial charge in [-0.05, 0) is 29.3 Å². The van der Waals surface area contributed by atoms with Crippen LogP contribution in [0.2, 0.25) is 0 Å². The Morgan fingerprint density at radius 3 is 2.90 bits per heavy atom. The van der Waals surface area contributed by atoms with E-state index in [0.717, 1.165) is 5.56 Å². The molecule has 6 nitrogen and oxygen atoms in total. The molecule has 2 aromatic rings. The first-order valence-electron chi connectivity index (χ1n) is 6.46. The van der Waals surface area contributed by atoms with Crippen LogP contribution in [0.3, 0.4) is 0 Å². The molecule has 0 saturated carbocycles. The summed E-state index contributed by atoms with van der Waals surface area (Å²) in [4.78, 5) is 10.4. The van der Waals surface area contributed by atoms with Crippen LogP contribution in [0.5, 0.6) is 5.75 Å². The van der Waals surface area contributed by atoms with Crippen molar-refractivity contribution in [1.29, 1.82) is 0 Å². The van der Waals surface area contributed by atoms with Crippen LogP contribution in [0.15, 0.2) is 35.0 Å². The molecule has 1 aromatic carbocycles. The first-order valence-corrected chi connectivity index (χ1v) is 7.40. The molecule has 7 heteroatoms. The highest BCUT2D eigenvalue weighted by molar-refractivity contribution is 7.07. The van der Waals surface area contributed by atoms with Crippen molar-refractivity contribution in [2.24, 2.45) is 0 Å². The number of non-ortho nitro benzene ring substituents is 1. The molecule has 0 bridgehead atoms. The quantitative estimate of drug-likeness (QED) is 0.606. The Kier molecular flexibility index (Phi) is 5.13. The molecule has 2 rings (SSSR count). The number of hydrogen-bond donors (Lipinski definition) is 2. The molecule has 1 heterocycles. The average molecular weight is 308 g/mol. The summed E-state index contributed by atoms with van der Waals surface area (Å²) >= 11 is 1.51. The Bertz CT molecular complexity index is 601. The minimum Gasteiger partial charge on any atom is -0.494 e. The van der Waals surface area contributed by atoms with Gasteiger partial charge in [0.15, 0.2) is 0 Å². The van der Waals surface area contributed by atoms with E-state index in [1.807, 2.05) is 23.8 Å². The smallest absolute Gasteiger partial charge is 0.275 e. The maximum Gasteiger partial charge on any atom is 0.275 e. The first-order chi connectivity index (χ1) is 10.1. The third-order valence-corrected chi connectivity index (χ3v) is 3.54. The molecular formula is C14H16N2O4S. The molecular weight excluding hydrogens is 292 g/mol. The van der Waals surface area contributed by atoms with Crippen molar-refractivity contribution in [2.75, 3.05) is 18.5 Å². The maximum atomic E-state index is 10.9. The summed E-state index contributed by atoms with van der Waals surface area (Å²) in [5.41, 5.74) is 1.32. The Morgan fingerprint density at radius 1 is 1.48 bits per heavy atom. The van der Waals surface area contributed by atoms with E-state index in [1.165, 1.54) is 23.5 Å². The fourth-order valence-corrected chi connectivity index (χ4v) is 2.54. The van der Waals surface area contributed by atoms with Crippen LogP contribution in [-0.4, -0.2) is 23.2 Å². The molecule has 0 saturated heterocycles. The van der Waals surface area contributed by atoms with Gasteiger partial charge in [-0.1, -0.05) is 0 Å². The van der Waals surface area contributed by atoms with E-state index in [2.05, 4.69) is 5.32 Å². The van der Waals surface area contributed by atoms with E-state index in [-0.39, 0.29) is 12.2 Å². The molecule has 0 spiro atoms. The number of aliphatic hydroxyl groups excluding tert-OH is 1. The van der Waals surface area contributed by atoms with Gasteiger partial charge in [0.25, 0.3) is 5.69 Å². The minimum atomic E-state index is -0.661. The summed E-state index contributed by atoms with van der Waals surface area (Å²) in [6.45, 7) is 2.51. The Morgan fingerprint density at radius 2 is 2.29 bits per heavy atom. The van der Waals surface area contributed by atoms with E-state index in [0.29, 0.717) is 18.0 Å². The fraction of sp³-hybridized carbons (Fsp3) is 0.286. The van der Waals surface area contributed by atoms with Crippen LogP contribution >= 0.6 is 11.3 Å². The van der Waals surface area contributed by atoms with Crippen LogP contribution in [0.1, 0.15) is 18.6 Å². The summed E-state index contributed by atoms with van der Waals surface area (Å²) in [5.74, 6) is 0.430. The number of hydrogen-bond acceptors (Lipinski definition) is 6. The van der Waals surface area contributed by atoms with Gasteiger partial charge >= 0.3 is 0 Å². The molecule has 21 heavy (non-hydrogen) atoms. The van der Waals surface area contributed by atoms with Crippen molar-refractivity contribution < 1.29 is 14.8 Å². The Labute approximate surface area is 126 Å². The number of nitrogens with zero attached hydrogens (tertiary/aromatic N) is 1. The van der Waals surface area contributed by atoms with Crippen molar-refractivity contribution in [1.82, 2.24) is 0 Å². The number of benzene rings is 1. The molecule has 1 aromatic heterocycles. The topological polar surface area (TPSA) is 84.6 Å². The number of aliphatic hydroxyl groups is 1. The zero-order chi connectivity index (χ0) is 15.2. The molecule has 0 radical (unpaired) electrons. The third kappa shape index (κ3) is 4.17. The third-order valence-electron chi connectivity index (χ3n) is 2.84. The zero-order valence-electron chi connectivity index (χ0n) is 11.5. The highest BCUT2D eigenvalue weighted by atomic mass is 32.1. The molecule has 0 fully saturated rings. The van der Waals surface area contributed by atoms with Crippen LogP contribution in [0, 0.1) is 10.1 Å². The standard InChI is InChI=1S/C14H16N2O4S/c1-2-20-13-6-11(5-12(7-13)16(18)19)15-8-14(17)10-3-4-21-9-10/h3-7,9,14-15,17H,2,8H2,1H3. The number of nitro groups is 1. The van der Waals surface area contributed by atoms with Gasteiger partial charge in [-0.3, -0.25) is 10.1 Å². The average Bonchev–Trinajstić information content (AvgIpc) is 2.99. The SMILES string of the molecule is CCOc1cc(NCC(O)c2ccsc2)cc([N+](=O)[O-])c1. The number of ether oxygens (including phenoxy) is 1. The summed E-state index contributed by atoms with van der Waals surface area (Å²) in [6.07, 6.45) is -0.661. The molecule has 2 N–H and O–H groups in total. The number of rotatable bonds is 7. The van der Waals surface area contributed by atoms with Crippen molar-refractivity contribution in [2.45, 2.75) is 13.0 Å². The minimum absolute atomic E-state index is 0.0477. The molecule has 1 unspecified atom stereocenters. The van der Waals surface area contributed by atoms with Crippen molar-refractivity contribution >= 4 is 22.7 Å².